The Morgan fingerprint density at radius 2 is 1.83 bits per heavy atom. The lowest BCUT2D eigenvalue weighted by molar-refractivity contribution is 0.0523. The van der Waals surface area contributed by atoms with Crippen molar-refractivity contribution in [2.45, 2.75) is 13.5 Å². The number of halogens is 1. The van der Waals surface area contributed by atoms with Crippen molar-refractivity contribution in [1.82, 2.24) is 9.97 Å². The Morgan fingerprint density at radius 1 is 1.08 bits per heavy atom. The molecule has 8 heteroatoms. The SMILES string of the molecule is CCOC(=O)c1cc2c(F)cccc2nc1COc1ccc(/C(N)=C(/C=NC)c2ccncc2)cc1. The molecule has 0 saturated carbocycles. The van der Waals surface area contributed by atoms with Crippen molar-refractivity contribution in [2.75, 3.05) is 13.7 Å². The van der Waals surface area contributed by atoms with Gasteiger partial charge in [-0.1, -0.05) is 6.07 Å². The van der Waals surface area contributed by atoms with E-state index >= 15 is 0 Å². The molecule has 182 valence electrons. The number of carbonyl (C=O) groups excluding carboxylic acids is 1. The van der Waals surface area contributed by atoms with E-state index in [9.17, 15) is 9.18 Å². The van der Waals surface area contributed by atoms with Crippen LogP contribution < -0.4 is 10.5 Å². The first-order valence-corrected chi connectivity index (χ1v) is 11.3. The molecular formula is C28H25FN4O3. The van der Waals surface area contributed by atoms with Crippen molar-refractivity contribution in [3.05, 3.63) is 101 Å². The number of fused-ring (bicyclic) bond motifs is 1. The van der Waals surface area contributed by atoms with Crippen LogP contribution in [-0.2, 0) is 11.3 Å². The largest absolute Gasteiger partial charge is 0.487 e. The number of nitrogens with zero attached hydrogens (tertiary/aromatic N) is 3. The average Bonchev–Trinajstić information content (AvgIpc) is 2.91. The van der Waals surface area contributed by atoms with Gasteiger partial charge in [-0.3, -0.25) is 9.98 Å². The zero-order chi connectivity index (χ0) is 25.5. The molecule has 2 N–H and O–H groups in total. The van der Waals surface area contributed by atoms with Gasteiger partial charge in [0, 0.05) is 42.3 Å². The Labute approximate surface area is 208 Å². The number of rotatable bonds is 8. The second-order valence-electron chi connectivity index (χ2n) is 7.77. The van der Waals surface area contributed by atoms with Gasteiger partial charge >= 0.3 is 5.97 Å². The van der Waals surface area contributed by atoms with Gasteiger partial charge in [0.05, 0.1) is 23.4 Å². The van der Waals surface area contributed by atoms with Crippen LogP contribution in [0.1, 0.15) is 34.1 Å². The highest BCUT2D eigenvalue weighted by Crippen LogP contribution is 2.25. The van der Waals surface area contributed by atoms with E-state index in [1.807, 2.05) is 24.3 Å². The molecular weight excluding hydrogens is 459 g/mol. The van der Waals surface area contributed by atoms with Gasteiger partial charge in [0.15, 0.2) is 0 Å². The molecule has 4 rings (SSSR count). The molecule has 2 heterocycles. The monoisotopic (exact) mass is 484 g/mol. The Kier molecular flexibility index (Phi) is 7.65. The first-order valence-electron chi connectivity index (χ1n) is 11.3. The normalized spacial score (nSPS) is 12.0. The number of ether oxygens (including phenoxy) is 2. The minimum absolute atomic E-state index is 0.00394. The maximum atomic E-state index is 14.3. The molecule has 0 radical (unpaired) electrons. The number of hydrogen-bond acceptors (Lipinski definition) is 7. The van der Waals surface area contributed by atoms with E-state index < -0.39 is 11.8 Å². The number of nitrogens with two attached hydrogens (primary N) is 1. The molecule has 36 heavy (non-hydrogen) atoms. The molecule has 0 aliphatic heterocycles. The number of aliphatic imine (C=N–C) groups is 1. The van der Waals surface area contributed by atoms with E-state index in [4.69, 9.17) is 15.2 Å². The highest BCUT2D eigenvalue weighted by atomic mass is 19.1. The predicted molar refractivity (Wildman–Crippen MR) is 138 cm³/mol. The summed E-state index contributed by atoms with van der Waals surface area (Å²) < 4.78 is 25.3. The molecule has 4 aromatic rings. The van der Waals surface area contributed by atoms with Gasteiger partial charge in [-0.25, -0.2) is 14.2 Å². The Morgan fingerprint density at radius 3 is 2.53 bits per heavy atom. The van der Waals surface area contributed by atoms with Gasteiger partial charge in [0.25, 0.3) is 0 Å². The minimum atomic E-state index is -0.580. The summed E-state index contributed by atoms with van der Waals surface area (Å²) in [5.74, 6) is -0.487. The summed E-state index contributed by atoms with van der Waals surface area (Å²) in [6.45, 7) is 1.89. The third-order valence-corrected chi connectivity index (χ3v) is 5.46. The average molecular weight is 485 g/mol. The third kappa shape index (κ3) is 5.38. The molecule has 0 atom stereocenters. The van der Waals surface area contributed by atoms with Crippen molar-refractivity contribution in [3.8, 4) is 5.75 Å². The first-order chi connectivity index (χ1) is 17.5. The minimum Gasteiger partial charge on any atom is -0.487 e. The van der Waals surface area contributed by atoms with E-state index in [1.165, 1.54) is 12.1 Å². The maximum absolute atomic E-state index is 14.3. The summed E-state index contributed by atoms with van der Waals surface area (Å²) >= 11 is 0. The second kappa shape index (κ2) is 11.2. The van der Waals surface area contributed by atoms with Gasteiger partial charge in [-0.2, -0.15) is 0 Å². The van der Waals surface area contributed by atoms with Crippen LogP contribution in [0.2, 0.25) is 0 Å². The van der Waals surface area contributed by atoms with Crippen molar-refractivity contribution >= 4 is 34.4 Å². The highest BCUT2D eigenvalue weighted by molar-refractivity contribution is 6.18. The number of aromatic nitrogens is 2. The molecule has 0 amide bonds. The van der Waals surface area contributed by atoms with Crippen LogP contribution >= 0.6 is 0 Å². The van der Waals surface area contributed by atoms with E-state index in [0.29, 0.717) is 22.7 Å². The second-order valence-corrected chi connectivity index (χ2v) is 7.77. The van der Waals surface area contributed by atoms with Crippen LogP contribution in [-0.4, -0.2) is 35.8 Å². The topological polar surface area (TPSA) is 99.7 Å². The highest BCUT2D eigenvalue weighted by Gasteiger charge is 2.18. The molecule has 7 nitrogen and oxygen atoms in total. The van der Waals surface area contributed by atoms with Crippen molar-refractivity contribution in [3.63, 3.8) is 0 Å². The fourth-order valence-electron chi connectivity index (χ4n) is 3.69. The van der Waals surface area contributed by atoms with Gasteiger partial charge in [0.1, 0.15) is 18.2 Å². The van der Waals surface area contributed by atoms with Crippen LogP contribution in [0.15, 0.2) is 78.0 Å². The van der Waals surface area contributed by atoms with Crippen LogP contribution in [0.25, 0.3) is 22.2 Å². The van der Waals surface area contributed by atoms with Crippen LogP contribution in [0, 0.1) is 5.82 Å². The number of allylic oxidation sites excluding steroid dienone is 1. The quantitative estimate of drug-likeness (QED) is 0.277. The van der Waals surface area contributed by atoms with Crippen molar-refractivity contribution in [1.29, 1.82) is 0 Å². The van der Waals surface area contributed by atoms with Crippen molar-refractivity contribution in [2.24, 2.45) is 10.7 Å². The van der Waals surface area contributed by atoms with E-state index in [1.54, 1.807) is 56.8 Å². The first kappa shape index (κ1) is 24.5. The molecule has 0 fully saturated rings. The number of benzene rings is 2. The summed E-state index contributed by atoms with van der Waals surface area (Å²) in [6, 6.07) is 17.0. The van der Waals surface area contributed by atoms with Gasteiger partial charge in [0.2, 0.25) is 0 Å². The Hall–Kier alpha value is -4.59. The maximum Gasteiger partial charge on any atom is 0.340 e. The number of carbonyl (C=O) groups is 1. The van der Waals surface area contributed by atoms with E-state index in [0.717, 1.165) is 16.7 Å². The Balaban J connectivity index is 1.60. The zero-order valence-corrected chi connectivity index (χ0v) is 19.9. The van der Waals surface area contributed by atoms with Crippen LogP contribution in [0.3, 0.4) is 0 Å². The number of pyridine rings is 2. The van der Waals surface area contributed by atoms with Crippen LogP contribution in [0.5, 0.6) is 5.75 Å². The van der Waals surface area contributed by atoms with E-state index in [-0.39, 0.29) is 24.2 Å². The fourth-order valence-corrected chi connectivity index (χ4v) is 3.69. The summed E-state index contributed by atoms with van der Waals surface area (Å²) in [5, 5.41) is 0.247. The summed E-state index contributed by atoms with van der Waals surface area (Å²) in [7, 11) is 1.69. The molecule has 0 saturated heterocycles. The molecule has 0 unspecified atom stereocenters. The summed E-state index contributed by atoms with van der Waals surface area (Å²) in [6.07, 6.45) is 5.10. The summed E-state index contributed by atoms with van der Waals surface area (Å²) in [5.41, 5.74) is 10.4. The number of esters is 1. The van der Waals surface area contributed by atoms with Gasteiger partial charge < -0.3 is 15.2 Å². The summed E-state index contributed by atoms with van der Waals surface area (Å²) in [4.78, 5) is 25.2. The lowest BCUT2D eigenvalue weighted by Crippen LogP contribution is -2.12. The molecule has 0 aliphatic rings. The molecule has 0 aliphatic carbocycles. The third-order valence-electron chi connectivity index (χ3n) is 5.46. The smallest absolute Gasteiger partial charge is 0.340 e. The molecule has 2 aromatic heterocycles. The van der Waals surface area contributed by atoms with Crippen molar-refractivity contribution < 1.29 is 18.7 Å². The van der Waals surface area contributed by atoms with Gasteiger partial charge in [-0.15, -0.1) is 0 Å². The van der Waals surface area contributed by atoms with Crippen LogP contribution in [0.4, 0.5) is 4.39 Å². The lowest BCUT2D eigenvalue weighted by Gasteiger charge is -2.13. The standard InChI is InChI=1S/C28H25FN4O3/c1-3-35-28(34)22-15-21-24(29)5-4-6-25(21)33-26(22)17-36-20-9-7-19(8-10-20)27(30)23(16-31-2)18-11-13-32-14-12-18/h4-16H,3,17,30H2,1-2H3/b27-23+,31-16?. The lowest BCUT2D eigenvalue weighted by atomic mass is 10.0. The van der Waals surface area contributed by atoms with Gasteiger partial charge in [-0.05, 0) is 72.6 Å². The van der Waals surface area contributed by atoms with E-state index in [2.05, 4.69) is 15.0 Å². The fraction of sp³-hybridized carbons (Fsp3) is 0.143. The number of hydrogen-bond donors (Lipinski definition) is 1. The predicted octanol–water partition coefficient (Wildman–Crippen LogP) is 5.05. The zero-order valence-electron chi connectivity index (χ0n) is 19.9. The Bertz CT molecular complexity index is 1430. The molecule has 0 spiro atoms. The molecule has 0 bridgehead atoms. The molecule has 2 aromatic carbocycles.